The lowest BCUT2D eigenvalue weighted by molar-refractivity contribution is 0.194. The van der Waals surface area contributed by atoms with E-state index in [2.05, 4.69) is 5.32 Å². The number of benzene rings is 1. The normalized spacial score (nSPS) is 13.1. The summed E-state index contributed by atoms with van der Waals surface area (Å²) < 4.78 is 18.7. The van der Waals surface area contributed by atoms with Crippen LogP contribution in [-0.2, 0) is 13.0 Å². The summed E-state index contributed by atoms with van der Waals surface area (Å²) in [4.78, 5) is 10.3. The fourth-order valence-electron chi connectivity index (χ4n) is 1.67. The quantitative estimate of drug-likeness (QED) is 0.779. The molecule has 2 rings (SSSR count). The van der Waals surface area contributed by atoms with Crippen LogP contribution in [0.15, 0.2) is 12.1 Å². The molecule has 0 radical (unpaired) electrons. The van der Waals surface area contributed by atoms with Gasteiger partial charge in [-0.05, 0) is 12.1 Å². The molecular weight excluding hydrogens is 201 g/mol. The SMILES string of the molecule is O=C(O)NCc1c(F)ccc2c1CCO2. The average molecular weight is 211 g/mol. The van der Waals surface area contributed by atoms with E-state index in [0.717, 1.165) is 5.56 Å². The first-order chi connectivity index (χ1) is 7.18. The number of rotatable bonds is 2. The average Bonchev–Trinajstić information content (AvgIpc) is 2.63. The highest BCUT2D eigenvalue weighted by molar-refractivity contribution is 5.64. The van der Waals surface area contributed by atoms with Gasteiger partial charge < -0.3 is 15.2 Å². The van der Waals surface area contributed by atoms with E-state index in [-0.39, 0.29) is 6.54 Å². The van der Waals surface area contributed by atoms with Crippen molar-refractivity contribution in [1.82, 2.24) is 5.32 Å². The van der Waals surface area contributed by atoms with E-state index in [0.29, 0.717) is 24.3 Å². The number of ether oxygens (including phenoxy) is 1. The third-order valence-electron chi connectivity index (χ3n) is 2.36. The zero-order valence-corrected chi connectivity index (χ0v) is 7.92. The Morgan fingerprint density at radius 1 is 1.60 bits per heavy atom. The molecule has 0 fully saturated rings. The fourth-order valence-corrected chi connectivity index (χ4v) is 1.67. The van der Waals surface area contributed by atoms with Crippen LogP contribution in [0.2, 0.25) is 0 Å². The summed E-state index contributed by atoms with van der Waals surface area (Å²) in [6, 6.07) is 2.87. The monoisotopic (exact) mass is 211 g/mol. The Morgan fingerprint density at radius 3 is 3.13 bits per heavy atom. The van der Waals surface area contributed by atoms with Gasteiger partial charge in [0, 0.05) is 24.1 Å². The van der Waals surface area contributed by atoms with Crippen molar-refractivity contribution < 1.29 is 19.0 Å². The fraction of sp³-hybridized carbons (Fsp3) is 0.300. The second-order valence-electron chi connectivity index (χ2n) is 3.26. The second-order valence-corrected chi connectivity index (χ2v) is 3.26. The van der Waals surface area contributed by atoms with E-state index in [1.807, 2.05) is 0 Å². The minimum atomic E-state index is -1.16. The number of carbonyl (C=O) groups is 1. The summed E-state index contributed by atoms with van der Waals surface area (Å²) in [5, 5.41) is 10.6. The number of nitrogens with one attached hydrogen (secondary N) is 1. The van der Waals surface area contributed by atoms with Crippen molar-refractivity contribution in [2.45, 2.75) is 13.0 Å². The molecule has 15 heavy (non-hydrogen) atoms. The minimum absolute atomic E-state index is 0.0201. The second kappa shape index (κ2) is 3.76. The lowest BCUT2D eigenvalue weighted by Gasteiger charge is -2.08. The van der Waals surface area contributed by atoms with Crippen molar-refractivity contribution in [3.05, 3.63) is 29.1 Å². The van der Waals surface area contributed by atoms with Crippen molar-refractivity contribution in [3.8, 4) is 5.75 Å². The largest absolute Gasteiger partial charge is 0.493 e. The van der Waals surface area contributed by atoms with Gasteiger partial charge in [-0.1, -0.05) is 0 Å². The highest BCUT2D eigenvalue weighted by atomic mass is 19.1. The van der Waals surface area contributed by atoms with Gasteiger partial charge >= 0.3 is 6.09 Å². The van der Waals surface area contributed by atoms with Crippen LogP contribution in [0.3, 0.4) is 0 Å². The van der Waals surface area contributed by atoms with Crippen molar-refractivity contribution in [2.24, 2.45) is 0 Å². The molecule has 5 heteroatoms. The number of hydrogen-bond donors (Lipinski definition) is 2. The Labute approximate surface area is 85.7 Å². The van der Waals surface area contributed by atoms with Crippen LogP contribution in [-0.4, -0.2) is 17.8 Å². The molecule has 0 atom stereocenters. The molecule has 0 aliphatic carbocycles. The molecule has 0 unspecified atom stereocenters. The van der Waals surface area contributed by atoms with Crippen LogP contribution in [0.4, 0.5) is 9.18 Å². The summed E-state index contributed by atoms with van der Waals surface area (Å²) in [6.07, 6.45) is -0.532. The number of fused-ring (bicyclic) bond motifs is 1. The first-order valence-corrected chi connectivity index (χ1v) is 4.58. The molecule has 0 saturated heterocycles. The van der Waals surface area contributed by atoms with Crippen molar-refractivity contribution >= 4 is 6.09 Å². The maximum absolute atomic E-state index is 13.4. The summed E-state index contributed by atoms with van der Waals surface area (Å²) in [7, 11) is 0. The van der Waals surface area contributed by atoms with Gasteiger partial charge in [0.1, 0.15) is 11.6 Å². The lowest BCUT2D eigenvalue weighted by atomic mass is 10.0. The van der Waals surface area contributed by atoms with Gasteiger partial charge in [0.2, 0.25) is 0 Å². The summed E-state index contributed by atoms with van der Waals surface area (Å²) in [5.41, 5.74) is 1.15. The topological polar surface area (TPSA) is 58.6 Å². The highest BCUT2D eigenvalue weighted by Gasteiger charge is 2.19. The molecule has 1 aliphatic heterocycles. The standard InChI is InChI=1S/C10H10FNO3/c11-8-1-2-9-6(3-4-15-9)7(8)5-12-10(13)14/h1-2,12H,3-5H2,(H,13,14). The molecule has 1 heterocycles. The van der Waals surface area contributed by atoms with Gasteiger partial charge in [0.15, 0.2) is 0 Å². The third-order valence-corrected chi connectivity index (χ3v) is 2.36. The molecule has 0 bridgehead atoms. The third kappa shape index (κ3) is 1.86. The number of amides is 1. The van der Waals surface area contributed by atoms with Crippen LogP contribution in [0.25, 0.3) is 0 Å². The molecule has 2 N–H and O–H groups in total. The zero-order valence-electron chi connectivity index (χ0n) is 7.92. The smallest absolute Gasteiger partial charge is 0.404 e. The Hall–Kier alpha value is -1.78. The van der Waals surface area contributed by atoms with E-state index < -0.39 is 11.9 Å². The van der Waals surface area contributed by atoms with Gasteiger partial charge in [0.05, 0.1) is 6.61 Å². The number of hydrogen-bond acceptors (Lipinski definition) is 2. The molecule has 1 aliphatic rings. The van der Waals surface area contributed by atoms with Crippen molar-refractivity contribution in [1.29, 1.82) is 0 Å². The van der Waals surface area contributed by atoms with Gasteiger partial charge in [-0.3, -0.25) is 0 Å². The predicted molar refractivity (Wildman–Crippen MR) is 50.5 cm³/mol. The van der Waals surface area contributed by atoms with Gasteiger partial charge in [-0.2, -0.15) is 0 Å². The molecule has 0 saturated carbocycles. The van der Waals surface area contributed by atoms with Crippen LogP contribution < -0.4 is 10.1 Å². The maximum atomic E-state index is 13.4. The van der Waals surface area contributed by atoms with Gasteiger partial charge in [-0.25, -0.2) is 9.18 Å². The highest BCUT2D eigenvalue weighted by Crippen LogP contribution is 2.29. The first kappa shape index (κ1) is 9.76. The number of carboxylic acid groups (broad SMARTS) is 1. The molecule has 1 aromatic rings. The molecule has 1 aromatic carbocycles. The summed E-state index contributed by atoms with van der Waals surface area (Å²) in [5.74, 6) is 0.256. The van der Waals surface area contributed by atoms with E-state index in [4.69, 9.17) is 9.84 Å². The van der Waals surface area contributed by atoms with Gasteiger partial charge in [0.25, 0.3) is 0 Å². The Kier molecular flexibility index (Phi) is 2.45. The van der Waals surface area contributed by atoms with Crippen LogP contribution in [0, 0.1) is 5.82 Å². The van der Waals surface area contributed by atoms with Crippen LogP contribution in [0.5, 0.6) is 5.75 Å². The Morgan fingerprint density at radius 2 is 2.40 bits per heavy atom. The zero-order chi connectivity index (χ0) is 10.8. The molecular formula is C10H10FNO3. The van der Waals surface area contributed by atoms with E-state index >= 15 is 0 Å². The van der Waals surface area contributed by atoms with Crippen LogP contribution >= 0.6 is 0 Å². The summed E-state index contributed by atoms with van der Waals surface area (Å²) >= 11 is 0. The molecule has 4 nitrogen and oxygen atoms in total. The minimum Gasteiger partial charge on any atom is -0.493 e. The van der Waals surface area contributed by atoms with E-state index in [1.165, 1.54) is 6.07 Å². The molecule has 80 valence electrons. The van der Waals surface area contributed by atoms with Crippen molar-refractivity contribution in [3.63, 3.8) is 0 Å². The summed E-state index contributed by atoms with van der Waals surface area (Å²) in [6.45, 7) is 0.507. The molecule has 0 spiro atoms. The van der Waals surface area contributed by atoms with E-state index in [1.54, 1.807) is 6.07 Å². The Bertz CT molecular complexity index is 406. The van der Waals surface area contributed by atoms with Gasteiger partial charge in [-0.15, -0.1) is 0 Å². The van der Waals surface area contributed by atoms with E-state index in [9.17, 15) is 9.18 Å². The number of halogens is 1. The maximum Gasteiger partial charge on any atom is 0.404 e. The molecule has 0 aromatic heterocycles. The van der Waals surface area contributed by atoms with Crippen LogP contribution in [0.1, 0.15) is 11.1 Å². The Balaban J connectivity index is 2.28. The molecule has 1 amide bonds. The van der Waals surface area contributed by atoms with Crippen molar-refractivity contribution in [2.75, 3.05) is 6.61 Å². The predicted octanol–water partition coefficient (Wildman–Crippen LogP) is 1.53. The first-order valence-electron chi connectivity index (χ1n) is 4.58. The lowest BCUT2D eigenvalue weighted by Crippen LogP contribution is -2.21.